The van der Waals surface area contributed by atoms with Crippen LogP contribution in [0.5, 0.6) is 0 Å². The van der Waals surface area contributed by atoms with Gasteiger partial charge in [-0.1, -0.05) is 30.0 Å². The van der Waals surface area contributed by atoms with Gasteiger partial charge >= 0.3 is 0 Å². The van der Waals surface area contributed by atoms with E-state index in [2.05, 4.69) is 25.5 Å². The summed E-state index contributed by atoms with van der Waals surface area (Å²) in [6.45, 7) is 1.89. The van der Waals surface area contributed by atoms with Crippen molar-refractivity contribution in [3.05, 3.63) is 47.9 Å². The average molecular weight is 299 g/mol. The zero-order chi connectivity index (χ0) is 14.7. The van der Waals surface area contributed by atoms with E-state index in [9.17, 15) is 0 Å². The van der Waals surface area contributed by atoms with Gasteiger partial charge in [0.05, 0.1) is 11.4 Å². The Hall–Kier alpha value is -2.48. The normalized spacial score (nSPS) is 10.7. The molecule has 2 heterocycles. The Kier molecular flexibility index (Phi) is 3.78. The third kappa shape index (κ3) is 3.16. The van der Waals surface area contributed by atoms with Gasteiger partial charge in [-0.25, -0.2) is 9.97 Å². The van der Waals surface area contributed by atoms with Crippen LogP contribution in [0.25, 0.3) is 5.69 Å². The quantitative estimate of drug-likeness (QED) is 0.578. The fraction of sp³-hybridized carbons (Fsp3) is 0.154. The van der Waals surface area contributed by atoms with Crippen molar-refractivity contribution in [1.82, 2.24) is 30.2 Å². The van der Waals surface area contributed by atoms with Crippen LogP contribution in [0.15, 0.2) is 41.6 Å². The van der Waals surface area contributed by atoms with E-state index in [1.807, 2.05) is 37.3 Å². The van der Waals surface area contributed by atoms with Crippen LogP contribution < -0.4 is 5.73 Å². The summed E-state index contributed by atoms with van der Waals surface area (Å²) in [4.78, 5) is 8.52. The van der Waals surface area contributed by atoms with E-state index in [-0.39, 0.29) is 0 Å². The molecule has 0 atom stereocenters. The van der Waals surface area contributed by atoms with E-state index in [0.717, 1.165) is 17.2 Å². The van der Waals surface area contributed by atoms with Gasteiger partial charge in [0.2, 0.25) is 0 Å². The van der Waals surface area contributed by atoms with Crippen molar-refractivity contribution in [2.75, 3.05) is 5.73 Å². The number of tetrazole rings is 1. The number of anilines is 1. The first-order valence-electron chi connectivity index (χ1n) is 6.29. The summed E-state index contributed by atoms with van der Waals surface area (Å²) in [5.41, 5.74) is 7.48. The number of benzene rings is 1. The maximum Gasteiger partial charge on any atom is 0.190 e. The zero-order valence-corrected chi connectivity index (χ0v) is 12.2. The predicted molar refractivity (Wildman–Crippen MR) is 79.9 cm³/mol. The predicted octanol–water partition coefficient (Wildman–Crippen LogP) is 1.64. The fourth-order valence-corrected chi connectivity index (χ4v) is 2.64. The van der Waals surface area contributed by atoms with Crippen LogP contribution in [0.4, 0.5) is 5.82 Å². The summed E-state index contributed by atoms with van der Waals surface area (Å²) in [6.07, 6.45) is 0. The second-order valence-electron chi connectivity index (χ2n) is 4.35. The lowest BCUT2D eigenvalue weighted by Gasteiger charge is -2.04. The number of para-hydroxylation sites is 1. The highest BCUT2D eigenvalue weighted by atomic mass is 32.2. The maximum atomic E-state index is 5.72. The number of aromatic nitrogens is 6. The summed E-state index contributed by atoms with van der Waals surface area (Å²) in [7, 11) is 0. The number of nitrogens with zero attached hydrogens (tertiary/aromatic N) is 6. The topological polar surface area (TPSA) is 95.4 Å². The van der Waals surface area contributed by atoms with Crippen LogP contribution in [-0.4, -0.2) is 30.2 Å². The number of rotatable bonds is 4. The first-order valence-corrected chi connectivity index (χ1v) is 7.27. The van der Waals surface area contributed by atoms with E-state index in [1.54, 1.807) is 10.7 Å². The molecule has 0 bridgehead atoms. The highest BCUT2D eigenvalue weighted by Crippen LogP contribution is 2.20. The van der Waals surface area contributed by atoms with Gasteiger partial charge in [0.25, 0.3) is 0 Å². The molecule has 106 valence electrons. The Morgan fingerprint density at radius 1 is 1.19 bits per heavy atom. The second kappa shape index (κ2) is 5.88. The monoisotopic (exact) mass is 299 g/mol. The first kappa shape index (κ1) is 13.5. The number of thioether (sulfide) groups is 1. The molecule has 7 nitrogen and oxygen atoms in total. The summed E-state index contributed by atoms with van der Waals surface area (Å²) in [5.74, 6) is 1.76. The van der Waals surface area contributed by atoms with Gasteiger partial charge < -0.3 is 5.73 Å². The summed E-state index contributed by atoms with van der Waals surface area (Å²) >= 11 is 1.45. The van der Waals surface area contributed by atoms with Crippen LogP contribution in [0.1, 0.15) is 11.5 Å². The van der Waals surface area contributed by atoms with E-state index >= 15 is 0 Å². The Labute approximate surface area is 125 Å². The van der Waals surface area contributed by atoms with Gasteiger partial charge in [0.1, 0.15) is 5.82 Å². The van der Waals surface area contributed by atoms with Crippen LogP contribution in [0.3, 0.4) is 0 Å². The lowest BCUT2D eigenvalue weighted by atomic mass is 10.3. The number of nitrogen functional groups attached to an aromatic ring is 1. The Morgan fingerprint density at radius 3 is 2.76 bits per heavy atom. The van der Waals surface area contributed by atoms with Gasteiger partial charge in [0.15, 0.2) is 11.0 Å². The largest absolute Gasteiger partial charge is 0.384 e. The molecule has 0 aliphatic rings. The molecule has 0 amide bonds. The van der Waals surface area contributed by atoms with Gasteiger partial charge in [0, 0.05) is 11.8 Å². The smallest absolute Gasteiger partial charge is 0.190 e. The highest BCUT2D eigenvalue weighted by molar-refractivity contribution is 7.98. The molecule has 0 saturated heterocycles. The molecular formula is C13H13N7S. The summed E-state index contributed by atoms with van der Waals surface area (Å²) in [5, 5.41) is 12.4. The lowest BCUT2D eigenvalue weighted by molar-refractivity contribution is 0.777. The van der Waals surface area contributed by atoms with Crippen LogP contribution in [0.2, 0.25) is 0 Å². The van der Waals surface area contributed by atoms with Gasteiger partial charge in [-0.15, -0.1) is 5.10 Å². The molecular weight excluding hydrogens is 286 g/mol. The third-order valence-electron chi connectivity index (χ3n) is 2.72. The van der Waals surface area contributed by atoms with Crippen molar-refractivity contribution >= 4 is 17.6 Å². The molecule has 0 fully saturated rings. The molecule has 1 aromatic carbocycles. The number of hydrogen-bond donors (Lipinski definition) is 1. The fourth-order valence-electron chi connectivity index (χ4n) is 1.82. The SMILES string of the molecule is Cc1cc(N)nc(SCc2nnnn2-c2ccccc2)n1. The van der Waals surface area contributed by atoms with Crippen molar-refractivity contribution in [1.29, 1.82) is 0 Å². The molecule has 2 N–H and O–H groups in total. The minimum Gasteiger partial charge on any atom is -0.384 e. The molecule has 21 heavy (non-hydrogen) atoms. The van der Waals surface area contributed by atoms with E-state index in [0.29, 0.717) is 16.7 Å². The molecule has 3 rings (SSSR count). The van der Waals surface area contributed by atoms with Crippen LogP contribution in [-0.2, 0) is 5.75 Å². The van der Waals surface area contributed by atoms with Crippen LogP contribution >= 0.6 is 11.8 Å². The molecule has 0 radical (unpaired) electrons. The van der Waals surface area contributed by atoms with E-state index in [4.69, 9.17) is 5.73 Å². The Morgan fingerprint density at radius 2 is 2.00 bits per heavy atom. The maximum absolute atomic E-state index is 5.72. The van der Waals surface area contributed by atoms with Gasteiger partial charge in [-0.3, -0.25) is 0 Å². The molecule has 0 spiro atoms. The van der Waals surface area contributed by atoms with Crippen molar-refractivity contribution in [3.63, 3.8) is 0 Å². The molecule has 2 aromatic heterocycles. The summed E-state index contributed by atoms with van der Waals surface area (Å²) in [6, 6.07) is 11.5. The minimum absolute atomic E-state index is 0.465. The molecule has 0 aliphatic carbocycles. The molecule has 3 aromatic rings. The lowest BCUT2D eigenvalue weighted by Crippen LogP contribution is -2.02. The average Bonchev–Trinajstić information content (AvgIpc) is 2.93. The summed E-state index contributed by atoms with van der Waals surface area (Å²) < 4.78 is 1.70. The molecule has 8 heteroatoms. The first-order chi connectivity index (χ1) is 10.2. The van der Waals surface area contributed by atoms with E-state index in [1.165, 1.54) is 11.8 Å². The molecule has 0 aliphatic heterocycles. The van der Waals surface area contributed by atoms with Gasteiger partial charge in [-0.2, -0.15) is 4.68 Å². The Balaban J connectivity index is 1.79. The van der Waals surface area contributed by atoms with E-state index < -0.39 is 0 Å². The minimum atomic E-state index is 0.465. The standard InChI is InChI=1S/C13H13N7S/c1-9-7-11(14)16-13(15-9)21-8-12-17-18-19-20(12)10-5-3-2-4-6-10/h2-7H,8H2,1H3,(H2,14,15,16). The van der Waals surface area contributed by atoms with Crippen molar-refractivity contribution in [2.24, 2.45) is 0 Å². The number of hydrogen-bond acceptors (Lipinski definition) is 7. The van der Waals surface area contributed by atoms with Crippen molar-refractivity contribution in [2.45, 2.75) is 17.8 Å². The third-order valence-corrected chi connectivity index (χ3v) is 3.56. The molecule has 0 unspecified atom stereocenters. The van der Waals surface area contributed by atoms with Gasteiger partial charge in [-0.05, 0) is 29.5 Å². The number of nitrogens with two attached hydrogens (primary N) is 1. The van der Waals surface area contributed by atoms with Crippen molar-refractivity contribution < 1.29 is 0 Å². The zero-order valence-electron chi connectivity index (χ0n) is 11.3. The van der Waals surface area contributed by atoms with Crippen molar-refractivity contribution in [3.8, 4) is 5.69 Å². The second-order valence-corrected chi connectivity index (χ2v) is 5.29. The Bertz CT molecular complexity index is 721. The molecule has 0 saturated carbocycles. The number of aryl methyl sites for hydroxylation is 1. The highest BCUT2D eigenvalue weighted by Gasteiger charge is 2.10. The van der Waals surface area contributed by atoms with Crippen LogP contribution in [0, 0.1) is 6.92 Å².